The van der Waals surface area contributed by atoms with E-state index in [0.29, 0.717) is 17.1 Å². The lowest BCUT2D eigenvalue weighted by Gasteiger charge is -2.59. The molecule has 1 aliphatic heterocycles. The first kappa shape index (κ1) is 17.8. The van der Waals surface area contributed by atoms with Crippen molar-refractivity contribution < 1.29 is 23.8 Å². The lowest BCUT2D eigenvalue weighted by atomic mass is 9.48. The molecule has 0 saturated heterocycles. The van der Waals surface area contributed by atoms with E-state index in [9.17, 15) is 9.59 Å². The third-order valence-corrected chi connectivity index (χ3v) is 7.32. The summed E-state index contributed by atoms with van der Waals surface area (Å²) < 4.78 is 15.7. The minimum Gasteiger partial charge on any atom is -0.454 e. The molecule has 1 atom stereocenters. The molecule has 4 aliphatic carbocycles. The zero-order chi connectivity index (χ0) is 19.3. The fraction of sp³-hybridized carbons (Fsp3) is 0.636. The van der Waals surface area contributed by atoms with Gasteiger partial charge in [-0.15, -0.1) is 0 Å². The number of benzene rings is 1. The minimum absolute atomic E-state index is 0.123. The van der Waals surface area contributed by atoms with Crippen LogP contribution < -0.4 is 14.8 Å². The molecule has 1 amide bonds. The molecule has 0 radical (unpaired) electrons. The molecule has 0 aromatic heterocycles. The van der Waals surface area contributed by atoms with Gasteiger partial charge >= 0.3 is 5.97 Å². The first-order valence-electron chi connectivity index (χ1n) is 10.4. The monoisotopic (exact) mass is 385 g/mol. The Bertz CT molecular complexity index is 769. The summed E-state index contributed by atoms with van der Waals surface area (Å²) in [7, 11) is 0. The van der Waals surface area contributed by atoms with Crippen LogP contribution in [0.5, 0.6) is 11.5 Å². The van der Waals surface area contributed by atoms with Gasteiger partial charge in [-0.2, -0.15) is 0 Å². The van der Waals surface area contributed by atoms with Crippen molar-refractivity contribution >= 4 is 11.9 Å². The quantitative estimate of drug-likeness (QED) is 0.788. The summed E-state index contributed by atoms with van der Waals surface area (Å²) in [5.74, 6) is 2.90. The summed E-state index contributed by atoms with van der Waals surface area (Å²) in [5.41, 5.74) is 0.595. The maximum absolute atomic E-state index is 12.4. The SMILES string of the molecule is C[C@H](NC(=O)COC(=O)c1ccc2c(c1)OCO2)C12CC3CC(CC(C3)C1)C2. The van der Waals surface area contributed by atoms with Crippen molar-refractivity contribution in [3.05, 3.63) is 23.8 Å². The van der Waals surface area contributed by atoms with E-state index in [4.69, 9.17) is 14.2 Å². The van der Waals surface area contributed by atoms with Crippen molar-refractivity contribution in [2.24, 2.45) is 23.2 Å². The second-order valence-electron chi connectivity index (χ2n) is 9.21. The van der Waals surface area contributed by atoms with Gasteiger partial charge in [0.15, 0.2) is 18.1 Å². The number of fused-ring (bicyclic) bond motifs is 1. The molecule has 0 unspecified atom stereocenters. The summed E-state index contributed by atoms with van der Waals surface area (Å²) >= 11 is 0. The molecule has 28 heavy (non-hydrogen) atoms. The largest absolute Gasteiger partial charge is 0.454 e. The minimum atomic E-state index is -0.532. The van der Waals surface area contributed by atoms with E-state index in [1.54, 1.807) is 18.2 Å². The number of hydrogen-bond donors (Lipinski definition) is 1. The highest BCUT2D eigenvalue weighted by molar-refractivity contribution is 5.92. The summed E-state index contributed by atoms with van der Waals surface area (Å²) in [5, 5.41) is 3.12. The van der Waals surface area contributed by atoms with E-state index in [0.717, 1.165) is 17.8 Å². The second kappa shape index (κ2) is 6.68. The Balaban J connectivity index is 1.16. The molecule has 1 aromatic carbocycles. The van der Waals surface area contributed by atoms with Crippen molar-refractivity contribution in [2.45, 2.75) is 51.5 Å². The van der Waals surface area contributed by atoms with Crippen LogP contribution >= 0.6 is 0 Å². The van der Waals surface area contributed by atoms with Gasteiger partial charge in [-0.05, 0) is 86.8 Å². The second-order valence-corrected chi connectivity index (χ2v) is 9.21. The van der Waals surface area contributed by atoms with Crippen molar-refractivity contribution in [3.8, 4) is 11.5 Å². The maximum Gasteiger partial charge on any atom is 0.338 e. The molecule has 6 nitrogen and oxygen atoms in total. The van der Waals surface area contributed by atoms with Crippen molar-refractivity contribution in [1.82, 2.24) is 5.32 Å². The van der Waals surface area contributed by atoms with Crippen molar-refractivity contribution in [1.29, 1.82) is 0 Å². The molecular weight excluding hydrogens is 358 g/mol. The molecular formula is C22H27NO5. The Morgan fingerprint density at radius 3 is 2.43 bits per heavy atom. The Morgan fingerprint density at radius 2 is 1.75 bits per heavy atom. The standard InChI is InChI=1S/C22H27NO5/c1-13(22-8-14-4-15(9-22)6-16(5-14)10-22)23-20(24)11-26-21(25)17-2-3-18-19(7-17)28-12-27-18/h2-3,7,13-16H,4-6,8-12H2,1H3,(H,23,24)/t13-,14?,15?,16?,22?/m0/s1. The molecule has 4 bridgehead atoms. The summed E-state index contributed by atoms with van der Waals surface area (Å²) in [6.07, 6.45) is 7.85. The summed E-state index contributed by atoms with van der Waals surface area (Å²) in [6, 6.07) is 5.00. The van der Waals surface area contributed by atoms with E-state index in [1.165, 1.54) is 38.5 Å². The van der Waals surface area contributed by atoms with Crippen LogP contribution in [0.15, 0.2) is 18.2 Å². The number of rotatable bonds is 5. The topological polar surface area (TPSA) is 73.9 Å². The average molecular weight is 385 g/mol. The molecule has 0 spiro atoms. The number of nitrogens with one attached hydrogen (secondary N) is 1. The van der Waals surface area contributed by atoms with Crippen LogP contribution in [-0.2, 0) is 9.53 Å². The number of ether oxygens (including phenoxy) is 3. The van der Waals surface area contributed by atoms with E-state index < -0.39 is 5.97 Å². The van der Waals surface area contributed by atoms with Gasteiger partial charge in [0.2, 0.25) is 6.79 Å². The van der Waals surface area contributed by atoms with Crippen molar-refractivity contribution in [3.63, 3.8) is 0 Å². The van der Waals surface area contributed by atoms with Crippen LogP contribution in [0.1, 0.15) is 55.8 Å². The molecule has 1 heterocycles. The number of amides is 1. The maximum atomic E-state index is 12.4. The zero-order valence-electron chi connectivity index (χ0n) is 16.2. The van der Waals surface area contributed by atoms with Gasteiger partial charge in [0.1, 0.15) is 0 Å². The normalized spacial score (nSPS) is 32.8. The lowest BCUT2D eigenvalue weighted by molar-refractivity contribution is -0.128. The van der Waals surface area contributed by atoms with Gasteiger partial charge < -0.3 is 19.5 Å². The van der Waals surface area contributed by atoms with E-state index in [2.05, 4.69) is 12.2 Å². The first-order chi connectivity index (χ1) is 13.5. The van der Waals surface area contributed by atoms with Crippen LogP contribution in [0, 0.1) is 23.2 Å². The van der Waals surface area contributed by atoms with Gasteiger partial charge in [0.25, 0.3) is 5.91 Å². The highest BCUT2D eigenvalue weighted by Crippen LogP contribution is 2.61. The fourth-order valence-corrected chi connectivity index (χ4v) is 6.38. The Kier molecular flexibility index (Phi) is 4.25. The Labute approximate surface area is 164 Å². The van der Waals surface area contributed by atoms with Crippen LogP contribution in [0.4, 0.5) is 0 Å². The lowest BCUT2D eigenvalue weighted by Crippen LogP contribution is -2.56. The molecule has 1 aromatic rings. The fourth-order valence-electron chi connectivity index (χ4n) is 6.38. The van der Waals surface area contributed by atoms with Gasteiger partial charge in [-0.3, -0.25) is 4.79 Å². The molecule has 4 fully saturated rings. The zero-order valence-corrected chi connectivity index (χ0v) is 16.2. The van der Waals surface area contributed by atoms with Gasteiger partial charge in [0, 0.05) is 6.04 Å². The Hall–Kier alpha value is -2.24. The molecule has 4 saturated carbocycles. The molecule has 1 N–H and O–H groups in total. The number of hydrogen-bond acceptors (Lipinski definition) is 5. The van der Waals surface area contributed by atoms with E-state index in [-0.39, 0.29) is 30.8 Å². The van der Waals surface area contributed by atoms with Crippen LogP contribution in [0.2, 0.25) is 0 Å². The predicted octanol–water partition coefficient (Wildman–Crippen LogP) is 3.29. The van der Waals surface area contributed by atoms with Crippen LogP contribution in [-0.4, -0.2) is 31.3 Å². The third-order valence-electron chi connectivity index (χ3n) is 7.32. The van der Waals surface area contributed by atoms with Crippen LogP contribution in [0.3, 0.4) is 0 Å². The van der Waals surface area contributed by atoms with E-state index >= 15 is 0 Å². The predicted molar refractivity (Wildman–Crippen MR) is 101 cm³/mol. The van der Waals surface area contributed by atoms with Crippen LogP contribution in [0.25, 0.3) is 0 Å². The van der Waals surface area contributed by atoms with Gasteiger partial charge in [-0.1, -0.05) is 0 Å². The van der Waals surface area contributed by atoms with Crippen molar-refractivity contribution in [2.75, 3.05) is 13.4 Å². The van der Waals surface area contributed by atoms with Gasteiger partial charge in [0.05, 0.1) is 5.56 Å². The highest BCUT2D eigenvalue weighted by Gasteiger charge is 2.53. The number of carbonyl (C=O) groups excluding carboxylic acids is 2. The van der Waals surface area contributed by atoms with E-state index in [1.807, 2.05) is 0 Å². The molecule has 6 rings (SSSR count). The summed E-state index contributed by atoms with van der Waals surface area (Å²) in [6.45, 7) is 2.02. The molecule has 6 heteroatoms. The third kappa shape index (κ3) is 3.12. The van der Waals surface area contributed by atoms with Gasteiger partial charge in [-0.25, -0.2) is 4.79 Å². The Morgan fingerprint density at radius 1 is 1.11 bits per heavy atom. The summed E-state index contributed by atoms with van der Waals surface area (Å²) in [4.78, 5) is 24.7. The molecule has 5 aliphatic rings. The smallest absolute Gasteiger partial charge is 0.338 e. The number of carbonyl (C=O) groups is 2. The first-order valence-corrected chi connectivity index (χ1v) is 10.4. The molecule has 150 valence electrons. The average Bonchev–Trinajstić information content (AvgIpc) is 3.12. The number of esters is 1. The highest BCUT2D eigenvalue weighted by atomic mass is 16.7.